The van der Waals surface area contributed by atoms with Crippen LogP contribution in [0.1, 0.15) is 42.5 Å². The zero-order valence-corrected chi connectivity index (χ0v) is 19.9. The first kappa shape index (κ1) is 23.9. The van der Waals surface area contributed by atoms with Gasteiger partial charge < -0.3 is 9.88 Å². The second kappa shape index (κ2) is 9.31. The molecule has 6 nitrogen and oxygen atoms in total. The Morgan fingerprint density at radius 3 is 2.43 bits per heavy atom. The van der Waals surface area contributed by atoms with Gasteiger partial charge in [0.15, 0.2) is 0 Å². The Labute approximate surface area is 202 Å². The van der Waals surface area contributed by atoms with E-state index >= 15 is 0 Å². The number of alkyl halides is 3. The molecule has 1 fully saturated rings. The number of hydrogen-bond acceptors (Lipinski definition) is 4. The molecule has 1 aliphatic heterocycles. The van der Waals surface area contributed by atoms with Gasteiger partial charge in [0.1, 0.15) is 0 Å². The maximum atomic E-state index is 13.6. The van der Waals surface area contributed by atoms with Crippen LogP contribution in [0.2, 0.25) is 0 Å². The number of aromatic nitrogens is 2. The summed E-state index contributed by atoms with van der Waals surface area (Å²) in [4.78, 5) is 9.38. The molecule has 186 valence electrons. The lowest BCUT2D eigenvalue weighted by Gasteiger charge is -2.34. The number of anilines is 1. The molecule has 1 atom stereocenters. The van der Waals surface area contributed by atoms with Gasteiger partial charge in [-0.15, -0.1) is 0 Å². The van der Waals surface area contributed by atoms with Gasteiger partial charge in [-0.1, -0.05) is 31.0 Å². The Kier molecular flexibility index (Phi) is 6.35. The van der Waals surface area contributed by atoms with Crippen molar-refractivity contribution in [3.8, 4) is 0 Å². The van der Waals surface area contributed by atoms with E-state index in [-0.39, 0.29) is 24.0 Å². The fraction of sp³-hybridized carbons (Fsp3) is 0.400. The van der Waals surface area contributed by atoms with Crippen molar-refractivity contribution in [1.29, 1.82) is 0 Å². The predicted molar refractivity (Wildman–Crippen MR) is 126 cm³/mol. The molecule has 0 spiro atoms. The number of sulfonamides is 1. The summed E-state index contributed by atoms with van der Waals surface area (Å²) < 4.78 is 67.8. The highest BCUT2D eigenvalue weighted by Gasteiger charge is 2.36. The van der Waals surface area contributed by atoms with E-state index in [0.717, 1.165) is 54.1 Å². The second-order valence-corrected chi connectivity index (χ2v) is 11.3. The largest absolute Gasteiger partial charge is 0.416 e. The van der Waals surface area contributed by atoms with Crippen LogP contribution in [-0.2, 0) is 29.3 Å². The lowest BCUT2D eigenvalue weighted by atomic mass is 10.1. The fourth-order valence-corrected chi connectivity index (χ4v) is 6.16. The zero-order chi connectivity index (χ0) is 24.6. The van der Waals surface area contributed by atoms with E-state index in [2.05, 4.69) is 14.9 Å². The monoisotopic (exact) mass is 504 g/mol. The Morgan fingerprint density at radius 1 is 1.03 bits per heavy atom. The Hall–Kier alpha value is -2.85. The van der Waals surface area contributed by atoms with Crippen molar-refractivity contribution >= 4 is 15.7 Å². The van der Waals surface area contributed by atoms with Crippen LogP contribution in [0, 0.1) is 5.92 Å². The average molecular weight is 505 g/mol. The van der Waals surface area contributed by atoms with Crippen molar-refractivity contribution in [3.05, 3.63) is 77.9 Å². The summed E-state index contributed by atoms with van der Waals surface area (Å²) in [6.45, 7) is 0.957. The van der Waals surface area contributed by atoms with Crippen LogP contribution in [0.5, 0.6) is 0 Å². The van der Waals surface area contributed by atoms with E-state index in [4.69, 9.17) is 0 Å². The molecule has 3 aromatic rings. The summed E-state index contributed by atoms with van der Waals surface area (Å²) in [5, 5.41) is 0. The first-order chi connectivity index (χ1) is 16.7. The van der Waals surface area contributed by atoms with E-state index in [0.29, 0.717) is 12.5 Å². The van der Waals surface area contributed by atoms with Crippen LogP contribution in [0.15, 0.2) is 66.0 Å². The number of aromatic amines is 1. The molecular formula is C25H27F3N4O2S. The van der Waals surface area contributed by atoms with Gasteiger partial charge in [-0.3, -0.25) is 0 Å². The Balaban J connectivity index is 1.50. The third-order valence-electron chi connectivity index (χ3n) is 6.82. The summed E-state index contributed by atoms with van der Waals surface area (Å²) in [5.74, 6) is 0.683. The summed E-state index contributed by atoms with van der Waals surface area (Å²) >= 11 is 0. The molecule has 1 saturated carbocycles. The van der Waals surface area contributed by atoms with Gasteiger partial charge in [0.25, 0.3) is 0 Å². The normalized spacial score (nSPS) is 19.4. The van der Waals surface area contributed by atoms with Gasteiger partial charge in [0.2, 0.25) is 10.0 Å². The molecule has 0 saturated heterocycles. The third-order valence-corrected chi connectivity index (χ3v) is 8.65. The number of rotatable bonds is 7. The van der Waals surface area contributed by atoms with Gasteiger partial charge in [-0.25, -0.2) is 13.4 Å². The minimum atomic E-state index is -4.52. The fourth-order valence-electron chi connectivity index (χ4n) is 4.71. The first-order valence-corrected chi connectivity index (χ1v) is 13.1. The maximum Gasteiger partial charge on any atom is 0.416 e. The molecule has 35 heavy (non-hydrogen) atoms. The van der Waals surface area contributed by atoms with E-state index in [1.165, 1.54) is 17.1 Å². The number of imidazole rings is 1. The van der Waals surface area contributed by atoms with Crippen molar-refractivity contribution in [2.45, 2.75) is 55.9 Å². The standard InChI is InChI=1S/C25H27F3N4O2S/c26-25(27,28)20-8-11-23(12-9-20)35(33,34)31-14-19-3-1-2-4-24(19)32(15-21-13-29-17-30-21)22(16-31)10-7-18-5-6-18/h1-4,8-9,11-13,17-18,22H,5-7,10,14-16H2,(H,29,30). The molecule has 2 aromatic carbocycles. The van der Waals surface area contributed by atoms with Crippen LogP contribution in [0.3, 0.4) is 0 Å². The highest BCUT2D eigenvalue weighted by atomic mass is 32.2. The van der Waals surface area contributed by atoms with Gasteiger partial charge in [0, 0.05) is 31.0 Å². The molecule has 2 heterocycles. The predicted octanol–water partition coefficient (Wildman–Crippen LogP) is 5.20. The lowest BCUT2D eigenvalue weighted by Crippen LogP contribution is -2.43. The number of halogens is 3. The number of H-pyrrole nitrogens is 1. The molecule has 1 aromatic heterocycles. The topological polar surface area (TPSA) is 69.3 Å². The average Bonchev–Trinajstić information content (AvgIpc) is 3.55. The molecule has 1 N–H and O–H groups in total. The molecular weight excluding hydrogens is 477 g/mol. The van der Waals surface area contributed by atoms with E-state index in [1.54, 1.807) is 12.5 Å². The minimum Gasteiger partial charge on any atom is -0.361 e. The van der Waals surface area contributed by atoms with Crippen molar-refractivity contribution < 1.29 is 21.6 Å². The number of hydrogen-bond donors (Lipinski definition) is 1. The molecule has 1 unspecified atom stereocenters. The van der Waals surface area contributed by atoms with Gasteiger partial charge in [-0.2, -0.15) is 17.5 Å². The van der Waals surface area contributed by atoms with E-state index < -0.39 is 21.8 Å². The van der Waals surface area contributed by atoms with Crippen molar-refractivity contribution in [3.63, 3.8) is 0 Å². The summed E-state index contributed by atoms with van der Waals surface area (Å²) in [7, 11) is -4.01. The zero-order valence-electron chi connectivity index (χ0n) is 19.1. The summed E-state index contributed by atoms with van der Waals surface area (Å²) in [6.07, 6.45) is 3.12. The molecule has 1 aliphatic carbocycles. The summed E-state index contributed by atoms with van der Waals surface area (Å²) in [6, 6.07) is 11.4. The number of para-hydroxylation sites is 1. The minimum absolute atomic E-state index is 0.0910. The highest BCUT2D eigenvalue weighted by molar-refractivity contribution is 7.89. The maximum absolute atomic E-state index is 13.6. The molecule has 2 aliphatic rings. The van der Waals surface area contributed by atoms with E-state index in [9.17, 15) is 21.6 Å². The van der Waals surface area contributed by atoms with Crippen LogP contribution < -0.4 is 4.90 Å². The van der Waals surface area contributed by atoms with Crippen LogP contribution in [0.25, 0.3) is 0 Å². The lowest BCUT2D eigenvalue weighted by molar-refractivity contribution is -0.137. The molecule has 10 heteroatoms. The third kappa shape index (κ3) is 5.23. The van der Waals surface area contributed by atoms with Gasteiger partial charge in [0.05, 0.1) is 29.0 Å². The quantitative estimate of drug-likeness (QED) is 0.480. The highest BCUT2D eigenvalue weighted by Crippen LogP contribution is 2.38. The van der Waals surface area contributed by atoms with Crippen LogP contribution in [-0.4, -0.2) is 35.3 Å². The first-order valence-electron chi connectivity index (χ1n) is 11.7. The molecule has 0 bridgehead atoms. The van der Waals surface area contributed by atoms with Crippen LogP contribution >= 0.6 is 0 Å². The van der Waals surface area contributed by atoms with Crippen molar-refractivity contribution in [1.82, 2.24) is 14.3 Å². The van der Waals surface area contributed by atoms with E-state index in [1.807, 2.05) is 24.3 Å². The molecule has 5 rings (SSSR count). The Bertz CT molecular complexity index is 1260. The van der Waals surface area contributed by atoms with Gasteiger partial charge >= 0.3 is 6.18 Å². The number of nitrogens with zero attached hydrogens (tertiary/aromatic N) is 3. The van der Waals surface area contributed by atoms with Crippen molar-refractivity contribution in [2.75, 3.05) is 11.4 Å². The number of nitrogens with one attached hydrogen (secondary N) is 1. The van der Waals surface area contributed by atoms with Crippen molar-refractivity contribution in [2.24, 2.45) is 5.92 Å². The second-order valence-electron chi connectivity index (χ2n) is 9.33. The Morgan fingerprint density at radius 2 is 1.77 bits per heavy atom. The number of fused-ring (bicyclic) bond motifs is 1. The van der Waals surface area contributed by atoms with Crippen LogP contribution in [0.4, 0.5) is 18.9 Å². The van der Waals surface area contributed by atoms with Gasteiger partial charge in [-0.05, 0) is 54.7 Å². The molecule has 0 amide bonds. The smallest absolute Gasteiger partial charge is 0.361 e. The SMILES string of the molecule is O=S(=O)(c1ccc(C(F)(F)F)cc1)N1Cc2ccccc2N(Cc2cnc[nH]2)C(CCC2CC2)C1. The summed E-state index contributed by atoms with van der Waals surface area (Å²) in [5.41, 5.74) is 1.88. The molecule has 0 radical (unpaired) electrons. The number of benzene rings is 2.